The van der Waals surface area contributed by atoms with Crippen LogP contribution in [-0.4, -0.2) is 28.8 Å². The predicted molar refractivity (Wildman–Crippen MR) is 103 cm³/mol. The number of nitrogens with zero attached hydrogens (tertiary/aromatic N) is 1. The van der Waals surface area contributed by atoms with Gasteiger partial charge in [0.05, 0.1) is 12.2 Å². The molecule has 3 rings (SSSR count). The molecule has 0 aliphatic carbocycles. The van der Waals surface area contributed by atoms with Gasteiger partial charge in [-0.15, -0.1) is 0 Å². The molecule has 1 atom stereocenters. The van der Waals surface area contributed by atoms with Gasteiger partial charge in [0.1, 0.15) is 23.7 Å². The highest BCUT2D eigenvalue weighted by Gasteiger charge is 2.33. The molecule has 1 aromatic heterocycles. The van der Waals surface area contributed by atoms with Crippen molar-refractivity contribution in [2.24, 2.45) is 5.92 Å². The first-order chi connectivity index (χ1) is 12.8. The third-order valence-corrected chi connectivity index (χ3v) is 4.61. The zero-order valence-corrected chi connectivity index (χ0v) is 16.2. The lowest BCUT2D eigenvalue weighted by molar-refractivity contribution is 0.104. The second-order valence-corrected chi connectivity index (χ2v) is 7.78. The van der Waals surface area contributed by atoms with Gasteiger partial charge in [0.25, 0.3) is 0 Å². The first kappa shape index (κ1) is 19.0. The molecule has 0 saturated heterocycles. The van der Waals surface area contributed by atoms with Crippen molar-refractivity contribution < 1.29 is 19.4 Å². The number of fused-ring (bicyclic) bond motifs is 3. The topological polar surface area (TPSA) is 80.7 Å². The molecule has 2 N–H and O–H groups in total. The van der Waals surface area contributed by atoms with Crippen LogP contribution in [0.5, 0.6) is 11.5 Å². The highest BCUT2D eigenvalue weighted by molar-refractivity contribution is 5.76. The Morgan fingerprint density at radius 2 is 2.07 bits per heavy atom. The van der Waals surface area contributed by atoms with Gasteiger partial charge in [-0.2, -0.15) is 0 Å². The van der Waals surface area contributed by atoms with Gasteiger partial charge in [-0.3, -0.25) is 4.98 Å². The summed E-state index contributed by atoms with van der Waals surface area (Å²) >= 11 is 0. The summed E-state index contributed by atoms with van der Waals surface area (Å²) in [6.07, 6.45) is 3.17. The standard InChI is InChI=1S/C21H26N2O4/c1-13(2)9-14(23-20(24)25)12-26-15-5-6-16-17-7-8-22-11-19(17)27-21(3,4)18(16)10-15/h5-8,10-11,13-14,23H,9,12H2,1-4H3,(H,24,25). The molecule has 1 aromatic carbocycles. The van der Waals surface area contributed by atoms with Crippen molar-refractivity contribution in [1.29, 1.82) is 0 Å². The number of amides is 1. The number of ether oxygens (including phenoxy) is 2. The number of carboxylic acid groups (broad SMARTS) is 1. The Bertz CT molecular complexity index is 833. The summed E-state index contributed by atoms with van der Waals surface area (Å²) in [7, 11) is 0. The first-order valence-electron chi connectivity index (χ1n) is 9.16. The number of aromatic nitrogens is 1. The van der Waals surface area contributed by atoms with Gasteiger partial charge in [-0.05, 0) is 49.9 Å². The maximum atomic E-state index is 11.0. The highest BCUT2D eigenvalue weighted by Crippen LogP contribution is 2.45. The van der Waals surface area contributed by atoms with Crippen LogP contribution in [0.15, 0.2) is 36.7 Å². The smallest absolute Gasteiger partial charge is 0.404 e. The first-order valence-corrected chi connectivity index (χ1v) is 9.16. The summed E-state index contributed by atoms with van der Waals surface area (Å²) in [5.41, 5.74) is 2.63. The molecule has 1 amide bonds. The van der Waals surface area contributed by atoms with Gasteiger partial charge in [-0.25, -0.2) is 4.79 Å². The van der Waals surface area contributed by atoms with E-state index < -0.39 is 11.7 Å². The summed E-state index contributed by atoms with van der Waals surface area (Å²) in [6, 6.07) is 7.60. The third kappa shape index (κ3) is 4.32. The van der Waals surface area contributed by atoms with Crippen LogP contribution in [0.1, 0.15) is 39.7 Å². The summed E-state index contributed by atoms with van der Waals surface area (Å²) < 4.78 is 12.0. The molecular weight excluding hydrogens is 344 g/mol. The lowest BCUT2D eigenvalue weighted by Crippen LogP contribution is -2.39. The van der Waals surface area contributed by atoms with Crippen LogP contribution >= 0.6 is 0 Å². The summed E-state index contributed by atoms with van der Waals surface area (Å²) in [6.45, 7) is 8.42. The molecule has 2 aromatic rings. The van der Waals surface area contributed by atoms with Crippen LogP contribution < -0.4 is 14.8 Å². The van der Waals surface area contributed by atoms with Gasteiger partial charge >= 0.3 is 6.09 Å². The number of hydrogen-bond acceptors (Lipinski definition) is 4. The average Bonchev–Trinajstić information content (AvgIpc) is 2.58. The van der Waals surface area contributed by atoms with Crippen molar-refractivity contribution in [3.05, 3.63) is 42.2 Å². The maximum Gasteiger partial charge on any atom is 0.404 e. The van der Waals surface area contributed by atoms with Crippen molar-refractivity contribution >= 4 is 6.09 Å². The molecular formula is C21H26N2O4. The van der Waals surface area contributed by atoms with E-state index in [0.29, 0.717) is 18.1 Å². The van der Waals surface area contributed by atoms with Crippen LogP contribution in [-0.2, 0) is 5.60 Å². The summed E-state index contributed by atoms with van der Waals surface area (Å²) in [5, 5.41) is 11.6. The number of benzene rings is 1. The molecule has 144 valence electrons. The maximum absolute atomic E-state index is 11.0. The Morgan fingerprint density at radius 3 is 2.78 bits per heavy atom. The molecule has 1 aliphatic heterocycles. The van der Waals surface area contributed by atoms with Crippen LogP contribution in [0.3, 0.4) is 0 Å². The minimum Gasteiger partial charge on any atom is -0.491 e. The SMILES string of the molecule is CC(C)CC(COc1ccc2c(c1)C(C)(C)Oc1cnccc1-2)NC(=O)O. The summed E-state index contributed by atoms with van der Waals surface area (Å²) in [5.74, 6) is 1.83. The quantitative estimate of drug-likeness (QED) is 0.786. The number of nitrogens with one attached hydrogen (secondary N) is 1. The van der Waals surface area contributed by atoms with Gasteiger partial charge in [0, 0.05) is 17.3 Å². The molecule has 0 radical (unpaired) electrons. The molecule has 0 bridgehead atoms. The van der Waals surface area contributed by atoms with E-state index in [1.54, 1.807) is 12.4 Å². The van der Waals surface area contributed by atoms with Crippen molar-refractivity contribution in [3.8, 4) is 22.6 Å². The van der Waals surface area contributed by atoms with Gasteiger partial charge in [0.15, 0.2) is 0 Å². The Morgan fingerprint density at radius 1 is 1.30 bits per heavy atom. The van der Waals surface area contributed by atoms with Crippen molar-refractivity contribution in [1.82, 2.24) is 10.3 Å². The Kier molecular flexibility index (Phi) is 5.26. The minimum absolute atomic E-state index is 0.255. The van der Waals surface area contributed by atoms with Crippen LogP contribution in [0.4, 0.5) is 4.79 Å². The Balaban J connectivity index is 1.82. The Hall–Kier alpha value is -2.76. The van der Waals surface area contributed by atoms with Crippen molar-refractivity contribution in [2.45, 2.75) is 45.8 Å². The van der Waals surface area contributed by atoms with E-state index in [1.165, 1.54) is 0 Å². The monoisotopic (exact) mass is 370 g/mol. The fraction of sp³-hybridized carbons (Fsp3) is 0.429. The zero-order valence-electron chi connectivity index (χ0n) is 16.2. The predicted octanol–water partition coefficient (Wildman–Crippen LogP) is 4.44. The second-order valence-electron chi connectivity index (χ2n) is 7.78. The average molecular weight is 370 g/mol. The zero-order chi connectivity index (χ0) is 19.6. The van der Waals surface area contributed by atoms with Gasteiger partial charge < -0.3 is 19.9 Å². The third-order valence-electron chi connectivity index (χ3n) is 4.61. The van der Waals surface area contributed by atoms with E-state index in [4.69, 9.17) is 14.6 Å². The van der Waals surface area contributed by atoms with E-state index in [-0.39, 0.29) is 12.6 Å². The van der Waals surface area contributed by atoms with Crippen molar-refractivity contribution in [2.75, 3.05) is 6.61 Å². The number of pyridine rings is 1. The van der Waals surface area contributed by atoms with E-state index in [1.807, 2.05) is 38.1 Å². The molecule has 1 unspecified atom stereocenters. The number of carbonyl (C=O) groups is 1. The van der Waals surface area contributed by atoms with Crippen LogP contribution in [0.2, 0.25) is 0 Å². The van der Waals surface area contributed by atoms with E-state index in [2.05, 4.69) is 24.1 Å². The molecule has 0 fully saturated rings. The van der Waals surface area contributed by atoms with Crippen LogP contribution in [0.25, 0.3) is 11.1 Å². The normalized spacial score (nSPS) is 15.3. The van der Waals surface area contributed by atoms with Gasteiger partial charge in [0.2, 0.25) is 0 Å². The largest absolute Gasteiger partial charge is 0.491 e. The molecule has 0 saturated carbocycles. The molecule has 2 heterocycles. The fourth-order valence-electron chi connectivity index (χ4n) is 3.47. The second kappa shape index (κ2) is 7.47. The van der Waals surface area contributed by atoms with E-state index in [9.17, 15) is 4.79 Å². The molecule has 27 heavy (non-hydrogen) atoms. The van der Waals surface area contributed by atoms with Crippen LogP contribution in [0, 0.1) is 5.92 Å². The lowest BCUT2D eigenvalue weighted by Gasteiger charge is -2.35. The fourth-order valence-corrected chi connectivity index (χ4v) is 3.47. The molecule has 6 heteroatoms. The Labute approximate surface area is 159 Å². The minimum atomic E-state index is -1.03. The molecule has 1 aliphatic rings. The molecule has 6 nitrogen and oxygen atoms in total. The van der Waals surface area contributed by atoms with E-state index >= 15 is 0 Å². The van der Waals surface area contributed by atoms with E-state index in [0.717, 1.165) is 22.4 Å². The molecule has 0 spiro atoms. The van der Waals surface area contributed by atoms with Gasteiger partial charge in [-0.1, -0.05) is 19.9 Å². The lowest BCUT2D eigenvalue weighted by atomic mass is 9.86. The number of rotatable bonds is 6. The highest BCUT2D eigenvalue weighted by atomic mass is 16.5. The van der Waals surface area contributed by atoms with Crippen molar-refractivity contribution in [3.63, 3.8) is 0 Å². The number of hydrogen-bond donors (Lipinski definition) is 2. The summed E-state index contributed by atoms with van der Waals surface area (Å²) in [4.78, 5) is 15.2.